The van der Waals surface area contributed by atoms with Crippen molar-refractivity contribution in [1.82, 2.24) is 4.98 Å². The van der Waals surface area contributed by atoms with E-state index in [1.165, 1.54) is 37.8 Å². The van der Waals surface area contributed by atoms with Gasteiger partial charge < -0.3 is 5.11 Å². The van der Waals surface area contributed by atoms with Crippen LogP contribution in [0.5, 0.6) is 0 Å². The fraction of sp³-hybridized carbons (Fsp3) is 0.769. The zero-order chi connectivity index (χ0) is 11.4. The van der Waals surface area contributed by atoms with Crippen LogP contribution >= 0.6 is 11.3 Å². The molecule has 90 valence electrons. The van der Waals surface area contributed by atoms with Crippen LogP contribution in [0.2, 0.25) is 0 Å². The Labute approximate surface area is 102 Å². The molecule has 0 radical (unpaired) electrons. The van der Waals surface area contributed by atoms with E-state index in [2.05, 4.69) is 12.3 Å². The summed E-state index contributed by atoms with van der Waals surface area (Å²) in [6, 6.07) is 0. The van der Waals surface area contributed by atoms with E-state index in [-0.39, 0.29) is 12.5 Å². The molecule has 1 fully saturated rings. The molecule has 2 rings (SSSR count). The van der Waals surface area contributed by atoms with E-state index in [9.17, 15) is 5.11 Å². The van der Waals surface area contributed by atoms with E-state index in [4.69, 9.17) is 4.98 Å². The minimum absolute atomic E-state index is 0.230. The number of aliphatic hydroxyl groups excluding tert-OH is 1. The highest BCUT2D eigenvalue weighted by atomic mass is 32.1. The van der Waals surface area contributed by atoms with Crippen molar-refractivity contribution in [2.24, 2.45) is 0 Å². The molecule has 1 aromatic heterocycles. The Morgan fingerprint density at radius 1 is 1.44 bits per heavy atom. The Kier molecular flexibility index (Phi) is 4.36. The first-order valence-electron chi connectivity index (χ1n) is 6.41. The SMILES string of the molecule is CCC(CO)c1nc(C2CCCCC2)cs1. The lowest BCUT2D eigenvalue weighted by Crippen LogP contribution is -2.06. The second kappa shape index (κ2) is 5.78. The van der Waals surface area contributed by atoms with Gasteiger partial charge in [-0.05, 0) is 19.3 Å². The number of rotatable bonds is 4. The summed E-state index contributed by atoms with van der Waals surface area (Å²) >= 11 is 1.73. The predicted octanol–water partition coefficient (Wildman–Crippen LogP) is 3.68. The van der Waals surface area contributed by atoms with Gasteiger partial charge in [-0.3, -0.25) is 0 Å². The highest BCUT2D eigenvalue weighted by molar-refractivity contribution is 7.09. The lowest BCUT2D eigenvalue weighted by atomic mass is 9.87. The van der Waals surface area contributed by atoms with E-state index >= 15 is 0 Å². The predicted molar refractivity (Wildman–Crippen MR) is 68.1 cm³/mol. The molecule has 0 bridgehead atoms. The minimum Gasteiger partial charge on any atom is -0.396 e. The largest absolute Gasteiger partial charge is 0.396 e. The van der Waals surface area contributed by atoms with Crippen LogP contribution in [-0.4, -0.2) is 16.7 Å². The van der Waals surface area contributed by atoms with Crippen molar-refractivity contribution in [3.05, 3.63) is 16.1 Å². The van der Waals surface area contributed by atoms with E-state index < -0.39 is 0 Å². The summed E-state index contributed by atoms with van der Waals surface area (Å²) in [5.41, 5.74) is 1.28. The maximum Gasteiger partial charge on any atom is 0.0982 e. The molecule has 2 nitrogen and oxygen atoms in total. The zero-order valence-electron chi connectivity index (χ0n) is 9.98. The first kappa shape index (κ1) is 12.1. The molecular weight excluding hydrogens is 218 g/mol. The van der Waals surface area contributed by atoms with Crippen LogP contribution in [-0.2, 0) is 0 Å². The molecule has 1 saturated carbocycles. The Morgan fingerprint density at radius 2 is 2.19 bits per heavy atom. The molecule has 0 saturated heterocycles. The van der Waals surface area contributed by atoms with Crippen LogP contribution in [0.4, 0.5) is 0 Å². The van der Waals surface area contributed by atoms with Gasteiger partial charge in [-0.15, -0.1) is 11.3 Å². The molecular formula is C13H21NOS. The van der Waals surface area contributed by atoms with Crippen molar-refractivity contribution in [2.75, 3.05) is 6.61 Å². The van der Waals surface area contributed by atoms with E-state index in [1.807, 2.05) is 0 Å². The number of thiazole rings is 1. The van der Waals surface area contributed by atoms with Gasteiger partial charge in [0.1, 0.15) is 0 Å². The van der Waals surface area contributed by atoms with Gasteiger partial charge in [-0.2, -0.15) is 0 Å². The van der Waals surface area contributed by atoms with Gasteiger partial charge in [0.2, 0.25) is 0 Å². The highest BCUT2D eigenvalue weighted by Gasteiger charge is 2.20. The summed E-state index contributed by atoms with van der Waals surface area (Å²) in [6.07, 6.45) is 7.69. The van der Waals surface area contributed by atoms with Crippen molar-refractivity contribution >= 4 is 11.3 Å². The lowest BCUT2D eigenvalue weighted by molar-refractivity contribution is 0.262. The molecule has 0 amide bonds. The van der Waals surface area contributed by atoms with Crippen molar-refractivity contribution in [2.45, 2.75) is 57.3 Å². The molecule has 1 aromatic rings. The van der Waals surface area contributed by atoms with Crippen molar-refractivity contribution in [3.63, 3.8) is 0 Å². The molecule has 0 aliphatic heterocycles. The smallest absolute Gasteiger partial charge is 0.0982 e. The molecule has 1 atom stereocenters. The zero-order valence-corrected chi connectivity index (χ0v) is 10.8. The molecule has 1 aliphatic carbocycles. The summed E-state index contributed by atoms with van der Waals surface area (Å²) in [5, 5.41) is 12.6. The second-order valence-electron chi connectivity index (χ2n) is 4.73. The molecule has 1 heterocycles. The van der Waals surface area contributed by atoms with Crippen molar-refractivity contribution in [3.8, 4) is 0 Å². The van der Waals surface area contributed by atoms with Gasteiger partial charge in [0, 0.05) is 17.2 Å². The maximum atomic E-state index is 9.27. The third-order valence-electron chi connectivity index (χ3n) is 3.63. The third kappa shape index (κ3) is 2.64. The fourth-order valence-corrected chi connectivity index (χ4v) is 3.53. The number of aliphatic hydroxyl groups is 1. The van der Waals surface area contributed by atoms with Gasteiger partial charge in [-0.25, -0.2) is 4.98 Å². The Balaban J connectivity index is 2.05. The van der Waals surface area contributed by atoms with E-state index in [0.717, 1.165) is 11.4 Å². The summed E-state index contributed by atoms with van der Waals surface area (Å²) in [5.74, 6) is 0.942. The van der Waals surface area contributed by atoms with E-state index in [0.29, 0.717) is 5.92 Å². The number of hydrogen-bond donors (Lipinski definition) is 1. The van der Waals surface area contributed by atoms with Crippen LogP contribution < -0.4 is 0 Å². The number of nitrogens with zero attached hydrogens (tertiary/aromatic N) is 1. The average Bonchev–Trinajstić information content (AvgIpc) is 2.81. The second-order valence-corrected chi connectivity index (χ2v) is 5.62. The quantitative estimate of drug-likeness (QED) is 0.869. The standard InChI is InChI=1S/C13H21NOS/c1-2-10(8-15)13-14-12(9-16-13)11-6-4-3-5-7-11/h9-11,15H,2-8H2,1H3. The number of hydrogen-bond acceptors (Lipinski definition) is 3. The van der Waals surface area contributed by atoms with Crippen LogP contribution in [0, 0.1) is 0 Å². The fourth-order valence-electron chi connectivity index (χ4n) is 2.46. The summed E-state index contributed by atoms with van der Waals surface area (Å²) in [6.45, 7) is 2.34. The van der Waals surface area contributed by atoms with E-state index in [1.54, 1.807) is 11.3 Å². The van der Waals surface area contributed by atoms with Crippen molar-refractivity contribution in [1.29, 1.82) is 0 Å². The van der Waals surface area contributed by atoms with Crippen molar-refractivity contribution < 1.29 is 5.11 Å². The van der Waals surface area contributed by atoms with Gasteiger partial charge in [0.05, 0.1) is 17.3 Å². The first-order chi connectivity index (χ1) is 7.85. The van der Waals surface area contributed by atoms with Crippen LogP contribution in [0.15, 0.2) is 5.38 Å². The summed E-state index contributed by atoms with van der Waals surface area (Å²) < 4.78 is 0. The van der Waals surface area contributed by atoms with Crippen LogP contribution in [0.25, 0.3) is 0 Å². The molecule has 0 spiro atoms. The van der Waals surface area contributed by atoms with Gasteiger partial charge in [0.25, 0.3) is 0 Å². The number of aromatic nitrogens is 1. The normalized spacial score (nSPS) is 19.9. The van der Waals surface area contributed by atoms with Gasteiger partial charge in [-0.1, -0.05) is 26.2 Å². The summed E-state index contributed by atoms with van der Waals surface area (Å²) in [7, 11) is 0. The third-order valence-corrected chi connectivity index (χ3v) is 4.65. The summed E-state index contributed by atoms with van der Waals surface area (Å²) in [4.78, 5) is 4.73. The lowest BCUT2D eigenvalue weighted by Gasteiger charge is -2.19. The van der Waals surface area contributed by atoms with Crippen LogP contribution in [0.3, 0.4) is 0 Å². The van der Waals surface area contributed by atoms with Gasteiger partial charge >= 0.3 is 0 Å². The molecule has 16 heavy (non-hydrogen) atoms. The Hall–Kier alpha value is -0.410. The molecule has 1 unspecified atom stereocenters. The van der Waals surface area contributed by atoms with Crippen LogP contribution in [0.1, 0.15) is 68.0 Å². The molecule has 0 aromatic carbocycles. The topological polar surface area (TPSA) is 33.1 Å². The first-order valence-corrected chi connectivity index (χ1v) is 7.29. The molecule has 3 heteroatoms. The molecule has 1 N–H and O–H groups in total. The van der Waals surface area contributed by atoms with Gasteiger partial charge in [0.15, 0.2) is 0 Å². The molecule has 1 aliphatic rings. The Bertz CT molecular complexity index is 313. The maximum absolute atomic E-state index is 9.27. The monoisotopic (exact) mass is 239 g/mol. The average molecular weight is 239 g/mol. The minimum atomic E-state index is 0.230. The Morgan fingerprint density at radius 3 is 2.81 bits per heavy atom. The highest BCUT2D eigenvalue weighted by Crippen LogP contribution is 2.34.